The van der Waals surface area contributed by atoms with Crippen molar-refractivity contribution >= 4 is 0 Å². The molecule has 1 aromatic rings. The van der Waals surface area contributed by atoms with Gasteiger partial charge < -0.3 is 14.6 Å². The molecular weight excluding hydrogens is 259 g/mol. The van der Waals surface area contributed by atoms with Crippen molar-refractivity contribution in [3.05, 3.63) is 29.6 Å². The van der Waals surface area contributed by atoms with E-state index in [1.807, 2.05) is 0 Å². The summed E-state index contributed by atoms with van der Waals surface area (Å²) in [5, 5.41) is 9.83. The maximum atomic E-state index is 13.9. The van der Waals surface area contributed by atoms with E-state index in [0.29, 0.717) is 18.1 Å². The van der Waals surface area contributed by atoms with Crippen molar-refractivity contribution in [1.82, 2.24) is 0 Å². The number of rotatable bonds is 5. The van der Waals surface area contributed by atoms with Crippen LogP contribution < -0.4 is 4.74 Å². The van der Waals surface area contributed by atoms with Gasteiger partial charge in [-0.2, -0.15) is 0 Å². The minimum Gasteiger partial charge on any atom is -0.491 e. The molecule has 1 aliphatic rings. The predicted octanol–water partition coefficient (Wildman–Crippen LogP) is 3.25. The van der Waals surface area contributed by atoms with E-state index < -0.39 is 11.4 Å². The average Bonchev–Trinajstić information content (AvgIpc) is 2.40. The Hall–Kier alpha value is -1.13. The zero-order chi connectivity index (χ0) is 14.6. The molecule has 112 valence electrons. The standard InChI is InChI=1S/C16H23FO3/c1-16(2,18)13-3-4-15(14(17)11-13)20-10-7-12-5-8-19-9-6-12/h3-4,11-12,18H,5-10H2,1-2H3. The third-order valence-electron chi connectivity index (χ3n) is 3.76. The monoisotopic (exact) mass is 282 g/mol. The first-order chi connectivity index (χ1) is 9.47. The lowest BCUT2D eigenvalue weighted by Crippen LogP contribution is -2.18. The Labute approximate surface area is 119 Å². The highest BCUT2D eigenvalue weighted by atomic mass is 19.1. The quantitative estimate of drug-likeness (QED) is 0.901. The van der Waals surface area contributed by atoms with E-state index in [4.69, 9.17) is 9.47 Å². The fraction of sp³-hybridized carbons (Fsp3) is 0.625. The second kappa shape index (κ2) is 6.55. The Morgan fingerprint density at radius 2 is 2.05 bits per heavy atom. The van der Waals surface area contributed by atoms with Crippen LogP contribution in [-0.2, 0) is 10.3 Å². The van der Waals surface area contributed by atoms with Gasteiger partial charge in [-0.1, -0.05) is 6.07 Å². The number of aliphatic hydroxyl groups is 1. The lowest BCUT2D eigenvalue weighted by molar-refractivity contribution is 0.0591. The molecule has 0 amide bonds. The first kappa shape index (κ1) is 15.3. The van der Waals surface area contributed by atoms with Crippen molar-refractivity contribution in [3.8, 4) is 5.75 Å². The second-order valence-electron chi connectivity index (χ2n) is 5.90. The van der Waals surface area contributed by atoms with Crippen LogP contribution >= 0.6 is 0 Å². The molecule has 1 fully saturated rings. The minimum atomic E-state index is -1.04. The van der Waals surface area contributed by atoms with E-state index in [0.717, 1.165) is 32.5 Å². The van der Waals surface area contributed by atoms with Crippen molar-refractivity contribution in [2.24, 2.45) is 5.92 Å². The summed E-state index contributed by atoms with van der Waals surface area (Å²) in [4.78, 5) is 0. The Balaban J connectivity index is 1.86. The van der Waals surface area contributed by atoms with Gasteiger partial charge in [0.15, 0.2) is 11.6 Å². The van der Waals surface area contributed by atoms with E-state index in [1.165, 1.54) is 6.07 Å². The fourth-order valence-electron chi connectivity index (χ4n) is 2.37. The van der Waals surface area contributed by atoms with Crippen LogP contribution in [0.3, 0.4) is 0 Å². The van der Waals surface area contributed by atoms with Crippen molar-refractivity contribution in [3.63, 3.8) is 0 Å². The molecule has 2 rings (SSSR count). The molecule has 0 bridgehead atoms. The SMILES string of the molecule is CC(C)(O)c1ccc(OCCC2CCOCC2)c(F)c1. The normalized spacial score (nSPS) is 17.2. The van der Waals surface area contributed by atoms with E-state index in [2.05, 4.69) is 0 Å². The molecule has 1 aromatic carbocycles. The van der Waals surface area contributed by atoms with Gasteiger partial charge in [0.2, 0.25) is 0 Å². The highest BCUT2D eigenvalue weighted by Gasteiger charge is 2.18. The first-order valence-electron chi connectivity index (χ1n) is 7.20. The van der Waals surface area contributed by atoms with Crippen LogP contribution in [0.2, 0.25) is 0 Å². The largest absolute Gasteiger partial charge is 0.491 e. The predicted molar refractivity (Wildman–Crippen MR) is 75.3 cm³/mol. The Bertz CT molecular complexity index is 434. The van der Waals surface area contributed by atoms with Crippen molar-refractivity contribution < 1.29 is 19.0 Å². The fourth-order valence-corrected chi connectivity index (χ4v) is 2.37. The molecule has 0 aromatic heterocycles. The van der Waals surface area contributed by atoms with Gasteiger partial charge >= 0.3 is 0 Å². The molecule has 1 aliphatic heterocycles. The lowest BCUT2D eigenvalue weighted by atomic mass is 9.97. The third-order valence-corrected chi connectivity index (χ3v) is 3.76. The topological polar surface area (TPSA) is 38.7 Å². The minimum absolute atomic E-state index is 0.255. The molecule has 0 atom stereocenters. The van der Waals surface area contributed by atoms with Crippen LogP contribution in [-0.4, -0.2) is 24.9 Å². The van der Waals surface area contributed by atoms with E-state index >= 15 is 0 Å². The van der Waals surface area contributed by atoms with E-state index in [9.17, 15) is 9.50 Å². The van der Waals surface area contributed by atoms with Gasteiger partial charge in [-0.3, -0.25) is 0 Å². The molecule has 1 saturated heterocycles. The number of ether oxygens (including phenoxy) is 2. The second-order valence-corrected chi connectivity index (χ2v) is 5.90. The van der Waals surface area contributed by atoms with Gasteiger partial charge in [-0.15, -0.1) is 0 Å². The molecule has 20 heavy (non-hydrogen) atoms. The van der Waals surface area contributed by atoms with Crippen LogP contribution in [0.5, 0.6) is 5.75 Å². The molecule has 0 unspecified atom stereocenters. The van der Waals surface area contributed by atoms with Gasteiger partial charge in [0, 0.05) is 13.2 Å². The smallest absolute Gasteiger partial charge is 0.165 e. The summed E-state index contributed by atoms with van der Waals surface area (Å²) in [6.07, 6.45) is 3.04. The maximum absolute atomic E-state index is 13.9. The third kappa shape index (κ3) is 4.18. The Morgan fingerprint density at radius 3 is 2.65 bits per heavy atom. The van der Waals surface area contributed by atoms with Gasteiger partial charge in [0.1, 0.15) is 0 Å². The summed E-state index contributed by atoms with van der Waals surface area (Å²) in [6.45, 7) is 5.42. The van der Waals surface area contributed by atoms with Gasteiger partial charge in [0.05, 0.1) is 12.2 Å². The van der Waals surface area contributed by atoms with Crippen molar-refractivity contribution in [2.45, 2.75) is 38.7 Å². The molecule has 1 N–H and O–H groups in total. The molecular formula is C16H23FO3. The number of hydrogen-bond donors (Lipinski definition) is 1. The Morgan fingerprint density at radius 1 is 1.35 bits per heavy atom. The van der Waals surface area contributed by atoms with Crippen LogP contribution in [0.1, 0.15) is 38.7 Å². The summed E-state index contributed by atoms with van der Waals surface area (Å²) in [5.74, 6) is 0.448. The molecule has 3 nitrogen and oxygen atoms in total. The maximum Gasteiger partial charge on any atom is 0.165 e. The summed E-state index contributed by atoms with van der Waals surface area (Å²) < 4.78 is 24.7. The van der Waals surface area contributed by atoms with Crippen LogP contribution in [0.15, 0.2) is 18.2 Å². The molecule has 0 spiro atoms. The number of benzene rings is 1. The summed E-state index contributed by atoms with van der Waals surface area (Å²) in [5.41, 5.74) is -0.492. The molecule has 1 heterocycles. The van der Waals surface area contributed by atoms with Gasteiger partial charge in [-0.05, 0) is 56.7 Å². The molecule has 0 saturated carbocycles. The lowest BCUT2D eigenvalue weighted by Gasteiger charge is -2.22. The molecule has 0 radical (unpaired) electrons. The molecule has 0 aliphatic carbocycles. The number of hydrogen-bond acceptors (Lipinski definition) is 3. The average molecular weight is 282 g/mol. The van der Waals surface area contributed by atoms with Crippen LogP contribution in [0.25, 0.3) is 0 Å². The summed E-state index contributed by atoms with van der Waals surface area (Å²) in [7, 11) is 0. The molecule has 4 heteroatoms. The summed E-state index contributed by atoms with van der Waals surface area (Å²) in [6, 6.07) is 4.63. The van der Waals surface area contributed by atoms with E-state index in [1.54, 1.807) is 26.0 Å². The van der Waals surface area contributed by atoms with Crippen LogP contribution in [0, 0.1) is 11.7 Å². The highest BCUT2D eigenvalue weighted by molar-refractivity contribution is 5.31. The van der Waals surface area contributed by atoms with Gasteiger partial charge in [0.25, 0.3) is 0 Å². The van der Waals surface area contributed by atoms with Gasteiger partial charge in [-0.25, -0.2) is 4.39 Å². The Kier molecular flexibility index (Phi) is 5.00. The van der Waals surface area contributed by atoms with Crippen LogP contribution in [0.4, 0.5) is 4.39 Å². The highest BCUT2D eigenvalue weighted by Crippen LogP contribution is 2.26. The zero-order valence-electron chi connectivity index (χ0n) is 12.2. The zero-order valence-corrected chi connectivity index (χ0v) is 12.2. The van der Waals surface area contributed by atoms with Crippen molar-refractivity contribution in [1.29, 1.82) is 0 Å². The van der Waals surface area contributed by atoms with E-state index in [-0.39, 0.29) is 5.75 Å². The summed E-state index contributed by atoms with van der Waals surface area (Å²) >= 11 is 0. The first-order valence-corrected chi connectivity index (χ1v) is 7.20. The van der Waals surface area contributed by atoms with Crippen molar-refractivity contribution in [2.75, 3.05) is 19.8 Å². The number of halogens is 1.